The Balaban J connectivity index is 1.84. The molecule has 8 bridgehead atoms. The van der Waals surface area contributed by atoms with Crippen molar-refractivity contribution in [2.75, 3.05) is 26.4 Å². The summed E-state index contributed by atoms with van der Waals surface area (Å²) in [4.78, 5) is 51.7. The van der Waals surface area contributed by atoms with Crippen LogP contribution < -0.4 is 9.47 Å². The summed E-state index contributed by atoms with van der Waals surface area (Å²) in [7, 11) is 0. The molecule has 70 heavy (non-hydrogen) atoms. The Morgan fingerprint density at radius 1 is 0.443 bits per heavy atom. The second-order valence-electron chi connectivity index (χ2n) is 22.6. The van der Waals surface area contributed by atoms with Crippen LogP contribution in [-0.2, 0) is 85.5 Å². The molecule has 0 saturated carbocycles. The van der Waals surface area contributed by atoms with Gasteiger partial charge in [-0.1, -0.05) is 132 Å². The Hall–Kier alpha value is -6.04. The number of phenolic OH excluding ortho intramolecular Hbond substituents is 2. The molecule has 0 spiro atoms. The SMILES string of the molecule is CCOC(=O)C(C)OC(=O)COc1c2cc(C(C)(C)C)cc1Cc1cc(C(C)(C)C)cc(c1O)Cc1cc(C(C)(C)C)cc(c1OCC(=O)O[C@@H](C)C(=O)OCC)Cc1cc(C(C)(C)C)cc(c1O)C2. The number of ether oxygens (including phenoxy) is 6. The highest BCUT2D eigenvalue weighted by atomic mass is 16.6. The highest BCUT2D eigenvalue weighted by molar-refractivity contribution is 5.80. The van der Waals surface area contributed by atoms with Gasteiger partial charge in [0.15, 0.2) is 25.4 Å². The van der Waals surface area contributed by atoms with Crippen LogP contribution in [0.4, 0.5) is 0 Å². The highest BCUT2D eigenvalue weighted by Gasteiger charge is 2.30. The van der Waals surface area contributed by atoms with Crippen LogP contribution in [0.1, 0.15) is 178 Å². The van der Waals surface area contributed by atoms with Gasteiger partial charge in [0.05, 0.1) is 13.2 Å². The van der Waals surface area contributed by atoms with Gasteiger partial charge < -0.3 is 38.6 Å². The number of benzene rings is 4. The van der Waals surface area contributed by atoms with Gasteiger partial charge in [-0.25, -0.2) is 19.2 Å². The first kappa shape index (κ1) is 54.9. The first-order valence-corrected chi connectivity index (χ1v) is 24.4. The van der Waals surface area contributed by atoms with E-state index in [9.17, 15) is 29.4 Å². The molecule has 1 aliphatic carbocycles. The van der Waals surface area contributed by atoms with E-state index in [0.717, 1.165) is 22.3 Å². The van der Waals surface area contributed by atoms with Gasteiger partial charge in [0.2, 0.25) is 0 Å². The molecule has 12 heteroatoms. The molecule has 12 nitrogen and oxygen atoms in total. The largest absolute Gasteiger partial charge is 0.507 e. The fourth-order valence-electron chi connectivity index (χ4n) is 8.36. The van der Waals surface area contributed by atoms with Crippen molar-refractivity contribution >= 4 is 23.9 Å². The highest BCUT2D eigenvalue weighted by Crippen LogP contribution is 2.44. The number of hydrogen-bond acceptors (Lipinski definition) is 12. The molecule has 1 unspecified atom stereocenters. The minimum Gasteiger partial charge on any atom is -0.507 e. The smallest absolute Gasteiger partial charge is 0.347 e. The van der Waals surface area contributed by atoms with Crippen LogP contribution in [0, 0.1) is 0 Å². The Morgan fingerprint density at radius 3 is 0.886 bits per heavy atom. The summed E-state index contributed by atoms with van der Waals surface area (Å²) in [5.41, 5.74) is 7.65. The van der Waals surface area contributed by atoms with Crippen LogP contribution in [-0.4, -0.2) is 72.7 Å². The molecule has 0 fully saturated rings. The Bertz CT molecular complexity index is 2320. The Morgan fingerprint density at radius 2 is 0.671 bits per heavy atom. The number of carbonyl (C=O) groups excluding carboxylic acids is 4. The number of esters is 4. The fraction of sp³-hybridized carbons (Fsp3) is 0.517. The summed E-state index contributed by atoms with van der Waals surface area (Å²) in [6.45, 7) is 30.8. The average Bonchev–Trinajstić information content (AvgIpc) is 3.23. The summed E-state index contributed by atoms with van der Waals surface area (Å²) < 4.78 is 34.1. The molecule has 0 aromatic heterocycles. The molecule has 0 saturated heterocycles. The van der Waals surface area contributed by atoms with Crippen LogP contribution in [0.5, 0.6) is 23.0 Å². The zero-order valence-electron chi connectivity index (χ0n) is 44.4. The van der Waals surface area contributed by atoms with Crippen LogP contribution in [0.15, 0.2) is 48.5 Å². The van der Waals surface area contributed by atoms with Gasteiger partial charge in [0.1, 0.15) is 23.0 Å². The first-order valence-electron chi connectivity index (χ1n) is 24.4. The summed E-state index contributed by atoms with van der Waals surface area (Å²) in [5, 5.41) is 25.1. The van der Waals surface area contributed by atoms with Crippen molar-refractivity contribution in [3.63, 3.8) is 0 Å². The molecule has 2 atom stereocenters. The van der Waals surface area contributed by atoms with Gasteiger partial charge in [0.25, 0.3) is 0 Å². The van der Waals surface area contributed by atoms with Gasteiger partial charge in [0, 0.05) is 25.7 Å². The van der Waals surface area contributed by atoms with Crippen LogP contribution in [0.3, 0.4) is 0 Å². The van der Waals surface area contributed by atoms with Crippen LogP contribution in [0.2, 0.25) is 0 Å². The zero-order chi connectivity index (χ0) is 52.3. The summed E-state index contributed by atoms with van der Waals surface area (Å²) in [5.74, 6) is -1.97. The molecular weight excluding hydrogens is 889 g/mol. The van der Waals surface area contributed by atoms with E-state index in [1.807, 2.05) is 48.5 Å². The van der Waals surface area contributed by atoms with Gasteiger partial charge in [-0.05, 0) is 116 Å². The molecule has 5 rings (SSSR count). The summed E-state index contributed by atoms with van der Waals surface area (Å²) in [6, 6.07) is 16.2. The molecular formula is C58H76O12. The van der Waals surface area contributed by atoms with Gasteiger partial charge in [-0.15, -0.1) is 0 Å². The minimum absolute atomic E-state index is 0.0606. The molecule has 0 amide bonds. The van der Waals surface area contributed by atoms with Gasteiger partial charge in [-0.3, -0.25) is 0 Å². The van der Waals surface area contributed by atoms with Crippen molar-refractivity contribution in [2.45, 2.75) is 170 Å². The third kappa shape index (κ3) is 13.6. The number of phenols is 2. The van der Waals surface area contributed by atoms with Crippen molar-refractivity contribution in [1.29, 1.82) is 0 Å². The first-order chi connectivity index (χ1) is 32.4. The van der Waals surface area contributed by atoms with E-state index in [0.29, 0.717) is 56.0 Å². The minimum atomic E-state index is -1.15. The number of hydrogen-bond donors (Lipinski definition) is 2. The van der Waals surface area contributed by atoms with E-state index in [2.05, 4.69) is 83.1 Å². The van der Waals surface area contributed by atoms with Gasteiger partial charge in [-0.2, -0.15) is 0 Å². The van der Waals surface area contributed by atoms with E-state index in [4.69, 9.17) is 28.4 Å². The third-order valence-corrected chi connectivity index (χ3v) is 12.5. The monoisotopic (exact) mass is 965 g/mol. The lowest BCUT2D eigenvalue weighted by Crippen LogP contribution is -2.29. The molecule has 380 valence electrons. The van der Waals surface area contributed by atoms with Crippen molar-refractivity contribution < 1.29 is 57.8 Å². The van der Waals surface area contributed by atoms with Crippen molar-refractivity contribution in [3.8, 4) is 23.0 Å². The number of fused-ring (bicyclic) bond motifs is 8. The Kier molecular flexibility index (Phi) is 16.9. The predicted molar refractivity (Wildman–Crippen MR) is 270 cm³/mol. The molecule has 4 aromatic rings. The molecule has 1 aliphatic rings. The number of carbonyl (C=O) groups is 4. The van der Waals surface area contributed by atoms with E-state index < -0.39 is 49.3 Å². The summed E-state index contributed by atoms with van der Waals surface area (Å²) >= 11 is 0. The molecule has 2 N–H and O–H groups in total. The van der Waals surface area contributed by atoms with Crippen molar-refractivity contribution in [1.82, 2.24) is 0 Å². The maximum atomic E-state index is 13.4. The van der Waals surface area contributed by atoms with E-state index in [1.54, 1.807) is 13.8 Å². The molecule has 0 aliphatic heterocycles. The number of aromatic hydroxyl groups is 2. The maximum absolute atomic E-state index is 13.4. The second kappa shape index (κ2) is 21.5. The Labute approximate surface area is 415 Å². The fourth-order valence-corrected chi connectivity index (χ4v) is 8.36. The molecule has 0 radical (unpaired) electrons. The van der Waals surface area contributed by atoms with E-state index >= 15 is 0 Å². The molecule has 4 aromatic carbocycles. The topological polar surface area (TPSA) is 164 Å². The zero-order valence-corrected chi connectivity index (χ0v) is 44.4. The predicted octanol–water partition coefficient (Wildman–Crippen LogP) is 10.7. The lowest BCUT2D eigenvalue weighted by Gasteiger charge is -2.28. The second-order valence-corrected chi connectivity index (χ2v) is 22.6. The average molecular weight is 965 g/mol. The third-order valence-electron chi connectivity index (χ3n) is 12.5. The number of rotatable bonds is 12. The lowest BCUT2D eigenvalue weighted by atomic mass is 9.79. The van der Waals surface area contributed by atoms with Crippen molar-refractivity contribution in [2.24, 2.45) is 0 Å². The van der Waals surface area contributed by atoms with Crippen LogP contribution in [0.25, 0.3) is 0 Å². The molecule has 0 heterocycles. The maximum Gasteiger partial charge on any atom is 0.347 e. The lowest BCUT2D eigenvalue weighted by molar-refractivity contribution is -0.167. The van der Waals surface area contributed by atoms with Gasteiger partial charge >= 0.3 is 23.9 Å². The quantitative estimate of drug-likeness (QED) is 0.0900. The van der Waals surface area contributed by atoms with E-state index in [-0.39, 0.29) is 72.1 Å². The normalized spacial score (nSPS) is 13.9. The van der Waals surface area contributed by atoms with Crippen molar-refractivity contribution in [3.05, 3.63) is 115 Å². The van der Waals surface area contributed by atoms with E-state index in [1.165, 1.54) is 13.8 Å². The van der Waals surface area contributed by atoms with Crippen LogP contribution >= 0.6 is 0 Å². The summed E-state index contributed by atoms with van der Waals surface area (Å²) in [6.07, 6.45) is -1.57. The standard InChI is InChI=1S/C58H76O12/c1-17-65-53(63)33(3)69-47(59)31-67-51-39-19-35-23-43(55(5,6)7)25-37(49(35)61)21-41-29-46(58(14,15)16)30-42(52(41)68-32-48(60)70-34(4)54(64)66-18-2)22-38-26-44(56(8,9)10)24-36(50(38)62)20-40(51)28-45(27-39)57(11,12)13/h23-30,33-34,61-62H,17-22,31-32H2,1-16H3/t33-,34?/m0/s1.